The van der Waals surface area contributed by atoms with Gasteiger partial charge in [-0.2, -0.15) is 0 Å². The molecule has 0 saturated carbocycles. The minimum Gasteiger partial charge on any atom is -0.314 e. The number of pyridine rings is 1. The molecule has 1 aliphatic carbocycles. The van der Waals surface area contributed by atoms with E-state index in [1.165, 1.54) is 5.56 Å². The molecule has 7 heteroatoms. The number of carbonyl (C=O) groups excluding carboxylic acids is 2. The summed E-state index contributed by atoms with van der Waals surface area (Å²) in [5.74, 6) is -0.512. The van der Waals surface area contributed by atoms with Gasteiger partial charge in [-0.15, -0.1) is 0 Å². The molecule has 1 aromatic carbocycles. The van der Waals surface area contributed by atoms with Crippen molar-refractivity contribution in [3.63, 3.8) is 0 Å². The molecule has 1 aromatic heterocycles. The molecule has 0 spiro atoms. The molecule has 1 atom stereocenters. The van der Waals surface area contributed by atoms with E-state index in [4.69, 9.17) is 9.98 Å². The van der Waals surface area contributed by atoms with Crippen molar-refractivity contribution in [1.29, 1.82) is 0 Å². The number of hydrogen-bond acceptors (Lipinski definition) is 7. The summed E-state index contributed by atoms with van der Waals surface area (Å²) in [4.78, 5) is 40.0. The van der Waals surface area contributed by atoms with Gasteiger partial charge < -0.3 is 10.2 Å². The molecule has 1 saturated heterocycles. The third kappa shape index (κ3) is 5.42. The van der Waals surface area contributed by atoms with E-state index in [0.717, 1.165) is 55.5 Å². The second-order valence-corrected chi connectivity index (χ2v) is 9.37. The van der Waals surface area contributed by atoms with Gasteiger partial charge in [-0.25, -0.2) is 4.98 Å². The molecule has 0 radical (unpaired) electrons. The Balaban J connectivity index is 1.30. The molecular formula is C29H31N5O2. The van der Waals surface area contributed by atoms with Crippen LogP contribution in [0.4, 0.5) is 5.82 Å². The first-order valence-electron chi connectivity index (χ1n) is 12.5. The number of aromatic nitrogens is 1. The molecule has 2 aliphatic heterocycles. The molecule has 36 heavy (non-hydrogen) atoms. The van der Waals surface area contributed by atoms with E-state index in [2.05, 4.69) is 22.3 Å². The van der Waals surface area contributed by atoms with Crippen molar-refractivity contribution in [1.82, 2.24) is 15.2 Å². The summed E-state index contributed by atoms with van der Waals surface area (Å²) in [5.41, 5.74) is 4.17. The Morgan fingerprint density at radius 3 is 2.67 bits per heavy atom. The highest BCUT2D eigenvalue weighted by molar-refractivity contribution is 6.45. The minimum atomic E-state index is -0.527. The standard InChI is InChI=1S/C29H31N5O2/c1-21-17-22(19-33-15-12-30-13-16-33)18-27(32-21)34-14-11-26(31-20-34)24-9-5-6-10-25(24)29(36)28(35)23-7-3-2-4-8-23/h2-9,11,14,17-18,25,30H,10,12-13,15-16,19-20H2,1H3. The maximum atomic E-state index is 13.1. The molecule has 0 bridgehead atoms. The maximum absolute atomic E-state index is 13.1. The van der Waals surface area contributed by atoms with Crippen LogP contribution < -0.4 is 10.2 Å². The number of allylic oxidation sites excluding steroid dienone is 5. The van der Waals surface area contributed by atoms with Crippen LogP contribution in [0.5, 0.6) is 0 Å². The topological polar surface area (TPSA) is 77.9 Å². The van der Waals surface area contributed by atoms with E-state index in [-0.39, 0.29) is 0 Å². The van der Waals surface area contributed by atoms with Crippen molar-refractivity contribution >= 4 is 23.1 Å². The monoisotopic (exact) mass is 481 g/mol. The van der Waals surface area contributed by atoms with Crippen LogP contribution >= 0.6 is 0 Å². The van der Waals surface area contributed by atoms with Crippen LogP contribution in [0.15, 0.2) is 83.5 Å². The minimum absolute atomic E-state index is 0.395. The summed E-state index contributed by atoms with van der Waals surface area (Å²) in [6, 6.07) is 13.0. The predicted molar refractivity (Wildman–Crippen MR) is 142 cm³/mol. The Labute approximate surface area is 211 Å². The molecule has 2 aromatic rings. The van der Waals surface area contributed by atoms with Gasteiger partial charge in [-0.3, -0.25) is 19.5 Å². The van der Waals surface area contributed by atoms with Crippen molar-refractivity contribution < 1.29 is 9.59 Å². The number of Topliss-reactive ketones (excluding diaryl/α,β-unsaturated/α-hetero) is 2. The Morgan fingerprint density at radius 2 is 1.92 bits per heavy atom. The van der Waals surface area contributed by atoms with Gasteiger partial charge >= 0.3 is 0 Å². The molecular weight excluding hydrogens is 450 g/mol. The molecule has 3 heterocycles. The van der Waals surface area contributed by atoms with E-state index in [1.54, 1.807) is 24.3 Å². The number of hydrogen-bond donors (Lipinski definition) is 1. The predicted octanol–water partition coefficient (Wildman–Crippen LogP) is 3.48. The Kier molecular flexibility index (Phi) is 7.30. The van der Waals surface area contributed by atoms with Crippen molar-refractivity contribution in [3.8, 4) is 0 Å². The lowest BCUT2D eigenvalue weighted by Crippen LogP contribution is -2.42. The Morgan fingerprint density at radius 1 is 1.11 bits per heavy atom. The Hall–Kier alpha value is -3.68. The smallest absolute Gasteiger partial charge is 0.229 e. The average Bonchev–Trinajstić information content (AvgIpc) is 2.93. The lowest BCUT2D eigenvalue weighted by atomic mass is 9.82. The number of aliphatic imine (C=N–C) groups is 1. The summed E-state index contributed by atoms with van der Waals surface area (Å²) in [6.07, 6.45) is 10.1. The molecule has 184 valence electrons. The van der Waals surface area contributed by atoms with Gasteiger partial charge in [0, 0.05) is 50.2 Å². The number of nitrogens with one attached hydrogen (secondary N) is 1. The molecule has 3 aliphatic rings. The van der Waals surface area contributed by atoms with Crippen LogP contribution in [0.25, 0.3) is 0 Å². The first-order valence-corrected chi connectivity index (χ1v) is 12.5. The van der Waals surface area contributed by atoms with Gasteiger partial charge in [-0.05, 0) is 42.7 Å². The van der Waals surface area contributed by atoms with Gasteiger partial charge in [0.2, 0.25) is 11.6 Å². The van der Waals surface area contributed by atoms with Crippen molar-refractivity contribution in [2.75, 3.05) is 37.7 Å². The van der Waals surface area contributed by atoms with Crippen LogP contribution in [-0.2, 0) is 11.3 Å². The molecule has 7 nitrogen and oxygen atoms in total. The van der Waals surface area contributed by atoms with Crippen LogP contribution in [0, 0.1) is 12.8 Å². The third-order valence-corrected chi connectivity index (χ3v) is 6.75. The van der Waals surface area contributed by atoms with Crippen LogP contribution in [-0.4, -0.2) is 60.0 Å². The quantitative estimate of drug-likeness (QED) is 0.482. The van der Waals surface area contributed by atoms with Crippen molar-refractivity contribution in [2.45, 2.75) is 19.9 Å². The van der Waals surface area contributed by atoms with E-state index in [9.17, 15) is 9.59 Å². The molecule has 1 unspecified atom stereocenters. The highest BCUT2D eigenvalue weighted by Crippen LogP contribution is 2.27. The Bertz CT molecular complexity index is 1260. The zero-order valence-electron chi connectivity index (χ0n) is 20.6. The van der Waals surface area contributed by atoms with Crippen molar-refractivity contribution in [3.05, 3.63) is 95.4 Å². The molecule has 1 N–H and O–H groups in total. The molecule has 0 amide bonds. The zero-order chi connectivity index (χ0) is 24.9. The number of piperazine rings is 1. The fourth-order valence-corrected chi connectivity index (χ4v) is 4.87. The maximum Gasteiger partial charge on any atom is 0.229 e. The lowest BCUT2D eigenvalue weighted by Gasteiger charge is -2.28. The normalized spacial score (nSPS) is 20.1. The SMILES string of the molecule is Cc1cc(CN2CCNCC2)cc(N2C=CC(C3=CC=CCC3C(=O)C(=O)c3ccccc3)=NC2)n1. The van der Waals surface area contributed by atoms with Gasteiger partial charge in [0.25, 0.3) is 0 Å². The van der Waals surface area contributed by atoms with Gasteiger partial charge in [0.1, 0.15) is 12.5 Å². The van der Waals surface area contributed by atoms with Crippen LogP contribution in [0.1, 0.15) is 28.0 Å². The highest BCUT2D eigenvalue weighted by atomic mass is 16.2. The van der Waals surface area contributed by atoms with Gasteiger partial charge in [0.15, 0.2) is 0 Å². The second-order valence-electron chi connectivity index (χ2n) is 9.37. The molecule has 1 fully saturated rings. The van der Waals surface area contributed by atoms with E-state index < -0.39 is 17.5 Å². The fraction of sp³-hybridized carbons (Fsp3) is 0.310. The number of anilines is 1. The van der Waals surface area contributed by atoms with E-state index >= 15 is 0 Å². The zero-order valence-corrected chi connectivity index (χ0v) is 20.6. The first kappa shape index (κ1) is 24.0. The summed E-state index contributed by atoms with van der Waals surface area (Å²) < 4.78 is 0. The summed E-state index contributed by atoms with van der Waals surface area (Å²) in [6.45, 7) is 7.47. The molecule has 5 rings (SSSR count). The summed E-state index contributed by atoms with van der Waals surface area (Å²) in [7, 11) is 0. The summed E-state index contributed by atoms with van der Waals surface area (Å²) >= 11 is 0. The number of benzene rings is 1. The number of aryl methyl sites for hydroxylation is 1. The number of nitrogens with zero attached hydrogens (tertiary/aromatic N) is 4. The number of carbonyl (C=O) groups is 2. The van der Waals surface area contributed by atoms with Gasteiger partial charge in [0.05, 0.1) is 11.6 Å². The second kappa shape index (κ2) is 10.9. The first-order chi connectivity index (χ1) is 17.6. The summed E-state index contributed by atoms with van der Waals surface area (Å²) in [5, 5.41) is 3.40. The number of ketones is 2. The van der Waals surface area contributed by atoms with E-state index in [0.29, 0.717) is 18.7 Å². The third-order valence-electron chi connectivity index (χ3n) is 6.75. The van der Waals surface area contributed by atoms with E-state index in [1.807, 2.05) is 48.4 Å². The van der Waals surface area contributed by atoms with Crippen LogP contribution in [0.2, 0.25) is 0 Å². The van der Waals surface area contributed by atoms with Gasteiger partial charge in [-0.1, -0.05) is 48.6 Å². The largest absolute Gasteiger partial charge is 0.314 e. The highest BCUT2D eigenvalue weighted by Gasteiger charge is 2.31. The average molecular weight is 482 g/mol. The van der Waals surface area contributed by atoms with Crippen molar-refractivity contribution in [2.24, 2.45) is 10.9 Å². The lowest BCUT2D eigenvalue weighted by molar-refractivity contribution is -0.117. The fourth-order valence-electron chi connectivity index (χ4n) is 4.87. The van der Waals surface area contributed by atoms with Crippen LogP contribution in [0.3, 0.4) is 0 Å². The number of rotatable bonds is 7.